The molecule has 1 aromatic carbocycles. The van der Waals surface area contributed by atoms with Gasteiger partial charge in [0.25, 0.3) is 5.91 Å². The van der Waals surface area contributed by atoms with E-state index in [4.69, 9.17) is 23.5 Å². The first-order valence-corrected chi connectivity index (χ1v) is 10.9. The Morgan fingerprint density at radius 3 is 2.26 bits per heavy atom. The number of amides is 1. The van der Waals surface area contributed by atoms with Crippen molar-refractivity contribution in [1.29, 1.82) is 0 Å². The number of aromatic nitrogens is 1. The normalized spacial score (nSPS) is 11.5. The maximum atomic E-state index is 12.9. The number of aryl methyl sites for hydroxylation is 2. The third kappa shape index (κ3) is 6.06. The lowest BCUT2D eigenvalue weighted by molar-refractivity contribution is -0.147. The van der Waals surface area contributed by atoms with Crippen molar-refractivity contribution in [2.24, 2.45) is 0 Å². The molecule has 0 aliphatic heterocycles. The van der Waals surface area contributed by atoms with Crippen LogP contribution in [0.25, 0.3) is 0 Å². The van der Waals surface area contributed by atoms with Gasteiger partial charge in [0.05, 0.1) is 32.6 Å². The highest BCUT2D eigenvalue weighted by atomic mass is 32.2. The molecular weight excluding hydrogens is 424 g/mol. The van der Waals surface area contributed by atoms with Crippen LogP contribution in [0.5, 0.6) is 17.2 Å². The third-order valence-corrected chi connectivity index (χ3v) is 5.31. The summed E-state index contributed by atoms with van der Waals surface area (Å²) in [5.41, 5.74) is 1.64. The molecule has 1 aromatic heterocycles. The minimum Gasteiger partial charge on any atom is -0.493 e. The number of ether oxygens (including phenoxy) is 4. The lowest BCUT2D eigenvalue weighted by atomic mass is 10.1. The van der Waals surface area contributed by atoms with Gasteiger partial charge < -0.3 is 28.8 Å². The van der Waals surface area contributed by atoms with Crippen LogP contribution in [0.2, 0.25) is 0 Å². The van der Waals surface area contributed by atoms with Gasteiger partial charge in [0.15, 0.2) is 11.5 Å². The molecule has 0 saturated heterocycles. The number of esters is 1. The van der Waals surface area contributed by atoms with Gasteiger partial charge in [0.2, 0.25) is 5.75 Å². The highest BCUT2D eigenvalue weighted by Gasteiger charge is 2.25. The van der Waals surface area contributed by atoms with Gasteiger partial charge in [0.1, 0.15) is 18.4 Å². The Labute approximate surface area is 185 Å². The molecule has 0 spiro atoms. The van der Waals surface area contributed by atoms with Crippen molar-refractivity contribution < 1.29 is 33.1 Å². The number of hydrogen-bond donors (Lipinski definition) is 1. The monoisotopic (exact) mass is 452 g/mol. The molecule has 1 atom stereocenters. The fourth-order valence-electron chi connectivity index (χ4n) is 2.89. The first-order chi connectivity index (χ1) is 14.9. The van der Waals surface area contributed by atoms with Crippen molar-refractivity contribution in [3.63, 3.8) is 0 Å². The summed E-state index contributed by atoms with van der Waals surface area (Å²) in [5, 5.41) is 6.60. The lowest BCUT2D eigenvalue weighted by Crippen LogP contribution is -2.42. The summed E-state index contributed by atoms with van der Waals surface area (Å²) in [6.07, 6.45) is 2.34. The van der Waals surface area contributed by atoms with E-state index in [0.29, 0.717) is 46.4 Å². The minimum atomic E-state index is -0.820. The summed E-state index contributed by atoms with van der Waals surface area (Å²) in [4.78, 5) is 25.6. The molecule has 1 heterocycles. The Bertz CT molecular complexity index is 869. The zero-order valence-corrected chi connectivity index (χ0v) is 19.4. The summed E-state index contributed by atoms with van der Waals surface area (Å²) < 4.78 is 26.4. The van der Waals surface area contributed by atoms with Gasteiger partial charge in [-0.05, 0) is 44.4 Å². The first-order valence-electron chi connectivity index (χ1n) is 9.54. The van der Waals surface area contributed by atoms with Gasteiger partial charge in [-0.15, -0.1) is 0 Å². The molecule has 31 heavy (non-hydrogen) atoms. The van der Waals surface area contributed by atoms with E-state index in [1.165, 1.54) is 33.5 Å². The molecule has 0 bridgehead atoms. The lowest BCUT2D eigenvalue weighted by Gasteiger charge is -2.19. The van der Waals surface area contributed by atoms with Crippen LogP contribution >= 0.6 is 11.8 Å². The highest BCUT2D eigenvalue weighted by Crippen LogP contribution is 2.38. The van der Waals surface area contributed by atoms with Crippen LogP contribution in [-0.2, 0) is 16.1 Å². The van der Waals surface area contributed by atoms with Crippen molar-refractivity contribution >= 4 is 23.6 Å². The van der Waals surface area contributed by atoms with E-state index < -0.39 is 17.9 Å². The third-order valence-electron chi connectivity index (χ3n) is 4.67. The predicted molar refractivity (Wildman–Crippen MR) is 116 cm³/mol. The Balaban J connectivity index is 2.17. The second-order valence-corrected chi connectivity index (χ2v) is 7.62. The van der Waals surface area contributed by atoms with E-state index in [0.717, 1.165) is 0 Å². The van der Waals surface area contributed by atoms with Crippen molar-refractivity contribution in [2.45, 2.75) is 32.9 Å². The maximum absolute atomic E-state index is 12.9. The molecule has 2 aromatic rings. The average molecular weight is 453 g/mol. The topological polar surface area (TPSA) is 109 Å². The van der Waals surface area contributed by atoms with Gasteiger partial charge in [-0.3, -0.25) is 4.79 Å². The SMILES string of the molecule is COc1cc(C(=O)N[C@@H](CCSC)C(=O)OCc2c(C)noc2C)cc(OC)c1OC. The summed E-state index contributed by atoms with van der Waals surface area (Å²) in [5.74, 6) is 1.32. The van der Waals surface area contributed by atoms with Crippen LogP contribution in [0.1, 0.15) is 33.8 Å². The summed E-state index contributed by atoms with van der Waals surface area (Å²) in [6.45, 7) is 3.55. The second kappa shape index (κ2) is 11.5. The van der Waals surface area contributed by atoms with Gasteiger partial charge in [-0.25, -0.2) is 4.79 Å². The van der Waals surface area contributed by atoms with Gasteiger partial charge >= 0.3 is 5.97 Å². The van der Waals surface area contributed by atoms with Gasteiger partial charge in [-0.1, -0.05) is 5.16 Å². The molecule has 9 nitrogen and oxygen atoms in total. The van der Waals surface area contributed by atoms with Crippen LogP contribution in [0.4, 0.5) is 0 Å². The van der Waals surface area contributed by atoms with Crippen LogP contribution in [0.3, 0.4) is 0 Å². The number of nitrogens with one attached hydrogen (secondary N) is 1. The number of carbonyl (C=O) groups is 2. The molecule has 0 aliphatic carbocycles. The van der Waals surface area contributed by atoms with Crippen molar-refractivity contribution in [2.75, 3.05) is 33.3 Å². The molecule has 1 N–H and O–H groups in total. The Kier molecular flexibility index (Phi) is 9.04. The van der Waals surface area contributed by atoms with E-state index in [1.807, 2.05) is 6.26 Å². The average Bonchev–Trinajstić information content (AvgIpc) is 3.10. The van der Waals surface area contributed by atoms with E-state index in [2.05, 4.69) is 10.5 Å². The number of methoxy groups -OCH3 is 3. The highest BCUT2D eigenvalue weighted by molar-refractivity contribution is 7.98. The summed E-state index contributed by atoms with van der Waals surface area (Å²) in [7, 11) is 4.41. The number of nitrogens with zero attached hydrogens (tertiary/aromatic N) is 1. The molecule has 10 heteroatoms. The minimum absolute atomic E-state index is 0.0236. The van der Waals surface area contributed by atoms with E-state index in [-0.39, 0.29) is 12.2 Å². The molecule has 0 aliphatic rings. The second-order valence-electron chi connectivity index (χ2n) is 6.63. The number of rotatable bonds is 11. The predicted octanol–water partition coefficient (Wildman–Crippen LogP) is 2.91. The van der Waals surface area contributed by atoms with Gasteiger partial charge in [-0.2, -0.15) is 11.8 Å². The number of carbonyl (C=O) groups excluding carboxylic acids is 2. The van der Waals surface area contributed by atoms with Crippen LogP contribution in [0.15, 0.2) is 16.7 Å². The molecule has 0 unspecified atom stereocenters. The first kappa shape index (κ1) is 24.4. The molecule has 170 valence electrons. The van der Waals surface area contributed by atoms with Crippen molar-refractivity contribution in [1.82, 2.24) is 10.5 Å². The van der Waals surface area contributed by atoms with Gasteiger partial charge in [0, 0.05) is 5.56 Å². The van der Waals surface area contributed by atoms with Crippen molar-refractivity contribution in [3.05, 3.63) is 34.7 Å². The fourth-order valence-corrected chi connectivity index (χ4v) is 3.36. The van der Waals surface area contributed by atoms with Crippen molar-refractivity contribution in [3.8, 4) is 17.2 Å². The summed E-state index contributed by atoms with van der Waals surface area (Å²) in [6, 6.07) is 2.23. The standard InChI is InChI=1S/C21H28N2O7S/c1-12-15(13(2)30-23-12)11-29-21(25)16(7-8-31-6)22-20(24)14-9-17(26-3)19(28-5)18(10-14)27-4/h9-10,16H,7-8,11H2,1-6H3,(H,22,24)/t16-/m0/s1. The number of hydrogen-bond acceptors (Lipinski definition) is 9. The van der Waals surface area contributed by atoms with E-state index in [1.54, 1.807) is 25.6 Å². The summed E-state index contributed by atoms with van der Waals surface area (Å²) >= 11 is 1.57. The van der Waals surface area contributed by atoms with Crippen LogP contribution < -0.4 is 19.5 Å². The Morgan fingerprint density at radius 2 is 1.77 bits per heavy atom. The molecule has 0 radical (unpaired) electrons. The Morgan fingerprint density at radius 1 is 1.13 bits per heavy atom. The molecule has 0 fully saturated rings. The van der Waals surface area contributed by atoms with E-state index >= 15 is 0 Å². The zero-order chi connectivity index (χ0) is 23.0. The molecule has 2 rings (SSSR count). The van der Waals surface area contributed by atoms with Crippen LogP contribution in [0, 0.1) is 13.8 Å². The zero-order valence-electron chi connectivity index (χ0n) is 18.6. The van der Waals surface area contributed by atoms with Crippen LogP contribution in [-0.4, -0.2) is 56.4 Å². The van der Waals surface area contributed by atoms with E-state index in [9.17, 15) is 9.59 Å². The molecule has 0 saturated carbocycles. The quantitative estimate of drug-likeness (QED) is 0.515. The number of benzene rings is 1. The Hall–Kier alpha value is -2.88. The maximum Gasteiger partial charge on any atom is 0.329 e. The molecular formula is C21H28N2O7S. The fraction of sp³-hybridized carbons (Fsp3) is 0.476. The smallest absolute Gasteiger partial charge is 0.329 e. The number of thioether (sulfide) groups is 1. The largest absolute Gasteiger partial charge is 0.493 e. The molecule has 1 amide bonds.